The fraction of sp³-hybridized carbons (Fsp3) is 0.636. The zero-order chi connectivity index (χ0) is 12.5. The van der Waals surface area contributed by atoms with Gasteiger partial charge in [0.15, 0.2) is 6.39 Å². The molecule has 5 heteroatoms. The van der Waals surface area contributed by atoms with Gasteiger partial charge in [0.1, 0.15) is 11.3 Å². The molecule has 0 aliphatic carbocycles. The van der Waals surface area contributed by atoms with E-state index in [-0.39, 0.29) is 6.04 Å². The highest BCUT2D eigenvalue weighted by Crippen LogP contribution is 2.27. The molecule has 0 aromatic carbocycles. The van der Waals surface area contributed by atoms with Gasteiger partial charge < -0.3 is 9.52 Å². The SMILES string of the molecule is Cc1ncoc1C(C)N(C)C(C)(C)C(=O)O. The Morgan fingerprint density at radius 2 is 2.19 bits per heavy atom. The highest BCUT2D eigenvalue weighted by molar-refractivity contribution is 5.77. The van der Waals surface area contributed by atoms with Gasteiger partial charge in [-0.2, -0.15) is 0 Å². The Balaban J connectivity index is 2.95. The quantitative estimate of drug-likeness (QED) is 0.848. The molecule has 1 rings (SSSR count). The van der Waals surface area contributed by atoms with Gasteiger partial charge in [0.25, 0.3) is 0 Å². The number of oxazole rings is 1. The van der Waals surface area contributed by atoms with E-state index >= 15 is 0 Å². The molecule has 16 heavy (non-hydrogen) atoms. The van der Waals surface area contributed by atoms with Crippen molar-refractivity contribution in [2.24, 2.45) is 0 Å². The average molecular weight is 226 g/mol. The van der Waals surface area contributed by atoms with E-state index in [0.717, 1.165) is 5.69 Å². The van der Waals surface area contributed by atoms with E-state index in [1.54, 1.807) is 25.8 Å². The van der Waals surface area contributed by atoms with Crippen LogP contribution in [0.4, 0.5) is 0 Å². The van der Waals surface area contributed by atoms with Gasteiger partial charge >= 0.3 is 5.97 Å². The fourth-order valence-corrected chi connectivity index (χ4v) is 1.52. The number of nitrogens with zero attached hydrogens (tertiary/aromatic N) is 2. The van der Waals surface area contributed by atoms with Crippen LogP contribution in [0.25, 0.3) is 0 Å². The number of likely N-dealkylation sites (N-methyl/N-ethyl adjacent to an activating group) is 1. The zero-order valence-corrected chi connectivity index (χ0v) is 10.3. The summed E-state index contributed by atoms with van der Waals surface area (Å²) >= 11 is 0. The lowest BCUT2D eigenvalue weighted by molar-refractivity contribution is -0.150. The molecule has 0 amide bonds. The smallest absolute Gasteiger partial charge is 0.323 e. The summed E-state index contributed by atoms with van der Waals surface area (Å²) in [6.45, 7) is 7.07. The topological polar surface area (TPSA) is 66.6 Å². The van der Waals surface area contributed by atoms with Gasteiger partial charge in [-0.1, -0.05) is 0 Å². The maximum absolute atomic E-state index is 11.1. The Hall–Kier alpha value is -1.36. The molecular weight excluding hydrogens is 208 g/mol. The van der Waals surface area contributed by atoms with Crippen molar-refractivity contribution in [3.05, 3.63) is 17.8 Å². The van der Waals surface area contributed by atoms with Crippen LogP contribution in [0.2, 0.25) is 0 Å². The van der Waals surface area contributed by atoms with Crippen LogP contribution in [0, 0.1) is 6.92 Å². The summed E-state index contributed by atoms with van der Waals surface area (Å²) in [6.07, 6.45) is 1.38. The number of aliphatic carboxylic acids is 1. The summed E-state index contributed by atoms with van der Waals surface area (Å²) in [7, 11) is 1.76. The van der Waals surface area contributed by atoms with E-state index in [9.17, 15) is 4.79 Å². The predicted molar refractivity (Wildman–Crippen MR) is 59.1 cm³/mol. The molecule has 5 nitrogen and oxygen atoms in total. The van der Waals surface area contributed by atoms with Crippen LogP contribution in [0.5, 0.6) is 0 Å². The first kappa shape index (κ1) is 12.7. The third-order valence-electron chi connectivity index (χ3n) is 3.15. The minimum atomic E-state index is -0.946. The van der Waals surface area contributed by atoms with E-state index < -0.39 is 11.5 Å². The van der Waals surface area contributed by atoms with Crippen molar-refractivity contribution in [3.8, 4) is 0 Å². The van der Waals surface area contributed by atoms with Crippen LogP contribution in [0.15, 0.2) is 10.8 Å². The molecule has 1 aromatic heterocycles. The highest BCUT2D eigenvalue weighted by atomic mass is 16.4. The summed E-state index contributed by atoms with van der Waals surface area (Å²) in [6, 6.07) is -0.131. The summed E-state index contributed by atoms with van der Waals surface area (Å²) in [5.41, 5.74) is -0.154. The van der Waals surface area contributed by atoms with Crippen LogP contribution in [0.1, 0.15) is 38.3 Å². The second kappa shape index (κ2) is 4.25. The average Bonchev–Trinajstić information content (AvgIpc) is 2.61. The van der Waals surface area contributed by atoms with Gasteiger partial charge in [0.05, 0.1) is 11.7 Å². The summed E-state index contributed by atoms with van der Waals surface area (Å²) in [4.78, 5) is 16.9. The monoisotopic (exact) mass is 226 g/mol. The van der Waals surface area contributed by atoms with Crippen LogP contribution in [-0.4, -0.2) is 33.5 Å². The number of hydrogen-bond donors (Lipinski definition) is 1. The molecule has 0 spiro atoms. The summed E-state index contributed by atoms with van der Waals surface area (Å²) < 4.78 is 5.28. The van der Waals surface area contributed by atoms with Crippen molar-refractivity contribution >= 4 is 5.97 Å². The van der Waals surface area contributed by atoms with E-state index in [2.05, 4.69) is 4.98 Å². The van der Waals surface area contributed by atoms with Crippen molar-refractivity contribution in [2.45, 2.75) is 39.3 Å². The maximum Gasteiger partial charge on any atom is 0.323 e. The third-order valence-corrected chi connectivity index (χ3v) is 3.15. The van der Waals surface area contributed by atoms with Gasteiger partial charge in [-0.15, -0.1) is 0 Å². The van der Waals surface area contributed by atoms with E-state index in [1.165, 1.54) is 6.39 Å². The van der Waals surface area contributed by atoms with Gasteiger partial charge in [-0.3, -0.25) is 9.69 Å². The number of carbonyl (C=O) groups is 1. The number of aromatic nitrogens is 1. The largest absolute Gasteiger partial charge is 0.480 e. The van der Waals surface area contributed by atoms with E-state index in [4.69, 9.17) is 9.52 Å². The lowest BCUT2D eigenvalue weighted by Gasteiger charge is -2.35. The Morgan fingerprint density at radius 1 is 1.62 bits per heavy atom. The summed E-state index contributed by atoms with van der Waals surface area (Å²) in [5.74, 6) is -0.157. The minimum Gasteiger partial charge on any atom is -0.480 e. The Labute approximate surface area is 95.1 Å². The minimum absolute atomic E-state index is 0.131. The second-order valence-corrected chi connectivity index (χ2v) is 4.45. The van der Waals surface area contributed by atoms with Gasteiger partial charge in [-0.05, 0) is 34.7 Å². The van der Waals surface area contributed by atoms with Crippen LogP contribution in [0.3, 0.4) is 0 Å². The fourth-order valence-electron chi connectivity index (χ4n) is 1.52. The van der Waals surface area contributed by atoms with E-state index in [1.807, 2.05) is 13.8 Å². The highest BCUT2D eigenvalue weighted by Gasteiger charge is 2.36. The first-order valence-corrected chi connectivity index (χ1v) is 5.14. The number of aryl methyl sites for hydroxylation is 1. The molecule has 0 aliphatic heterocycles. The van der Waals surface area contributed by atoms with Crippen LogP contribution < -0.4 is 0 Å². The zero-order valence-electron chi connectivity index (χ0n) is 10.3. The van der Waals surface area contributed by atoms with Crippen molar-refractivity contribution in [2.75, 3.05) is 7.05 Å². The molecular formula is C11H18N2O3. The lowest BCUT2D eigenvalue weighted by atomic mass is 10.0. The second-order valence-electron chi connectivity index (χ2n) is 4.45. The molecule has 0 saturated carbocycles. The van der Waals surface area contributed by atoms with E-state index in [0.29, 0.717) is 5.76 Å². The molecule has 0 fully saturated rings. The Morgan fingerprint density at radius 3 is 2.56 bits per heavy atom. The molecule has 0 bridgehead atoms. The van der Waals surface area contributed by atoms with Gasteiger partial charge in [0.2, 0.25) is 0 Å². The first-order chi connectivity index (χ1) is 7.28. The molecule has 1 heterocycles. The normalized spacial score (nSPS) is 14.1. The molecule has 0 aliphatic rings. The molecule has 1 unspecified atom stereocenters. The predicted octanol–water partition coefficient (Wildman–Crippen LogP) is 1.84. The van der Waals surface area contributed by atoms with Crippen molar-refractivity contribution in [3.63, 3.8) is 0 Å². The Bertz CT molecular complexity index is 384. The lowest BCUT2D eigenvalue weighted by Crippen LogP contribution is -2.48. The Kier molecular flexibility index (Phi) is 3.38. The van der Waals surface area contributed by atoms with Crippen LogP contribution >= 0.6 is 0 Å². The number of carboxylic acids is 1. The van der Waals surface area contributed by atoms with Crippen molar-refractivity contribution in [1.29, 1.82) is 0 Å². The number of hydrogen-bond acceptors (Lipinski definition) is 4. The molecule has 1 aromatic rings. The van der Waals surface area contributed by atoms with Crippen molar-refractivity contribution < 1.29 is 14.3 Å². The number of rotatable bonds is 4. The summed E-state index contributed by atoms with van der Waals surface area (Å²) in [5, 5.41) is 9.14. The first-order valence-electron chi connectivity index (χ1n) is 5.14. The molecule has 1 atom stereocenters. The number of carboxylic acid groups (broad SMARTS) is 1. The third kappa shape index (κ3) is 2.09. The molecule has 90 valence electrons. The molecule has 0 saturated heterocycles. The van der Waals surface area contributed by atoms with Gasteiger partial charge in [-0.25, -0.2) is 4.98 Å². The van der Waals surface area contributed by atoms with Crippen molar-refractivity contribution in [1.82, 2.24) is 9.88 Å². The molecule has 1 N–H and O–H groups in total. The van der Waals surface area contributed by atoms with Gasteiger partial charge in [0, 0.05) is 0 Å². The molecule has 0 radical (unpaired) electrons. The van der Waals surface area contributed by atoms with Crippen LogP contribution in [-0.2, 0) is 4.79 Å². The maximum atomic E-state index is 11.1. The standard InChI is InChI=1S/C11H18N2O3/c1-7-9(16-6-12-7)8(2)13(5)11(3,4)10(14)15/h6,8H,1-5H3,(H,14,15).